The molecule has 3 nitrogen and oxygen atoms in total. The monoisotopic (exact) mass is 214 g/mol. The largest absolute Gasteiger partial charge is 0.298 e. The average molecular weight is 214 g/mol. The number of aromatic nitrogens is 2. The van der Waals surface area contributed by atoms with E-state index in [1.807, 2.05) is 45.4 Å². The number of hydrogen-bond donors (Lipinski definition) is 0. The Morgan fingerprint density at radius 3 is 2.56 bits per heavy atom. The van der Waals surface area contributed by atoms with E-state index in [0.29, 0.717) is 0 Å². The molecule has 0 radical (unpaired) electrons. The lowest BCUT2D eigenvalue weighted by molar-refractivity contribution is 0.112. The van der Waals surface area contributed by atoms with Gasteiger partial charge in [-0.1, -0.05) is 6.07 Å². The molecule has 2 aromatic rings. The molecule has 16 heavy (non-hydrogen) atoms. The molecule has 0 atom stereocenters. The Morgan fingerprint density at radius 1 is 1.25 bits per heavy atom. The maximum atomic E-state index is 10.8. The second-order valence-electron chi connectivity index (χ2n) is 4.04. The topological polar surface area (TPSA) is 34.9 Å². The first kappa shape index (κ1) is 10.6. The van der Waals surface area contributed by atoms with Crippen LogP contribution in [0.3, 0.4) is 0 Å². The van der Waals surface area contributed by atoms with E-state index in [4.69, 9.17) is 0 Å². The lowest BCUT2D eigenvalue weighted by Crippen LogP contribution is -1.91. The van der Waals surface area contributed by atoms with Crippen LogP contribution >= 0.6 is 0 Å². The number of aryl methyl sites for hydroxylation is 3. The van der Waals surface area contributed by atoms with Gasteiger partial charge in [0.15, 0.2) is 0 Å². The molecule has 82 valence electrons. The summed E-state index contributed by atoms with van der Waals surface area (Å²) < 4.78 is 1.78. The van der Waals surface area contributed by atoms with Crippen molar-refractivity contribution in [3.05, 3.63) is 41.2 Å². The zero-order chi connectivity index (χ0) is 11.7. The molecule has 0 aliphatic heterocycles. The maximum absolute atomic E-state index is 10.8. The van der Waals surface area contributed by atoms with Gasteiger partial charge in [0.25, 0.3) is 0 Å². The summed E-state index contributed by atoms with van der Waals surface area (Å²) in [6.07, 6.45) is 4.71. The van der Waals surface area contributed by atoms with Gasteiger partial charge in [0.05, 0.1) is 6.20 Å². The van der Waals surface area contributed by atoms with E-state index in [1.54, 1.807) is 4.68 Å². The number of rotatable bonds is 2. The summed E-state index contributed by atoms with van der Waals surface area (Å²) in [6, 6.07) is 3.96. The molecule has 0 saturated carbocycles. The number of benzene rings is 1. The molecule has 1 heterocycles. The molecule has 0 unspecified atom stereocenters. The molecule has 0 saturated heterocycles. The van der Waals surface area contributed by atoms with Crippen LogP contribution in [-0.4, -0.2) is 16.1 Å². The summed E-state index contributed by atoms with van der Waals surface area (Å²) in [4.78, 5) is 10.8. The normalized spacial score (nSPS) is 10.4. The van der Waals surface area contributed by atoms with Gasteiger partial charge < -0.3 is 0 Å². The second-order valence-corrected chi connectivity index (χ2v) is 4.04. The van der Waals surface area contributed by atoms with Gasteiger partial charge in [-0.15, -0.1) is 0 Å². The van der Waals surface area contributed by atoms with Crippen molar-refractivity contribution in [3.8, 4) is 11.1 Å². The van der Waals surface area contributed by atoms with Gasteiger partial charge >= 0.3 is 0 Å². The van der Waals surface area contributed by atoms with E-state index in [0.717, 1.165) is 34.1 Å². The summed E-state index contributed by atoms with van der Waals surface area (Å²) in [5.74, 6) is 0. The lowest BCUT2D eigenvalue weighted by atomic mass is 9.97. The molecule has 3 heteroatoms. The van der Waals surface area contributed by atoms with E-state index >= 15 is 0 Å². The molecule has 1 aromatic carbocycles. The summed E-state index contributed by atoms with van der Waals surface area (Å²) in [5, 5.41) is 4.15. The minimum absolute atomic E-state index is 0.755. The smallest absolute Gasteiger partial charge is 0.150 e. The first-order chi connectivity index (χ1) is 7.61. The fourth-order valence-corrected chi connectivity index (χ4v) is 1.84. The molecule has 0 aliphatic carbocycles. The van der Waals surface area contributed by atoms with E-state index in [-0.39, 0.29) is 0 Å². The Hall–Kier alpha value is -1.90. The summed E-state index contributed by atoms with van der Waals surface area (Å²) in [5.41, 5.74) is 5.07. The van der Waals surface area contributed by atoms with Crippen molar-refractivity contribution in [1.29, 1.82) is 0 Å². The Morgan fingerprint density at radius 2 is 2.00 bits per heavy atom. The number of hydrogen-bond acceptors (Lipinski definition) is 2. The second kappa shape index (κ2) is 3.93. The molecular weight excluding hydrogens is 200 g/mol. The van der Waals surface area contributed by atoms with Gasteiger partial charge in [-0.05, 0) is 36.6 Å². The van der Waals surface area contributed by atoms with Crippen molar-refractivity contribution in [2.75, 3.05) is 0 Å². The third-order valence-electron chi connectivity index (χ3n) is 2.76. The molecular formula is C13H14N2O. The van der Waals surface area contributed by atoms with Gasteiger partial charge in [-0.3, -0.25) is 9.48 Å². The van der Waals surface area contributed by atoms with E-state index in [9.17, 15) is 4.79 Å². The quantitative estimate of drug-likeness (QED) is 0.720. The van der Waals surface area contributed by atoms with Crippen LogP contribution in [0, 0.1) is 13.8 Å². The molecule has 0 spiro atoms. The third-order valence-corrected chi connectivity index (χ3v) is 2.76. The van der Waals surface area contributed by atoms with Crippen molar-refractivity contribution in [2.45, 2.75) is 13.8 Å². The Kier molecular flexibility index (Phi) is 2.60. The fraction of sp³-hybridized carbons (Fsp3) is 0.231. The summed E-state index contributed by atoms with van der Waals surface area (Å²) in [6.45, 7) is 3.96. The third kappa shape index (κ3) is 1.76. The van der Waals surface area contributed by atoms with Crippen LogP contribution in [0.1, 0.15) is 21.5 Å². The predicted molar refractivity (Wildman–Crippen MR) is 63.5 cm³/mol. The van der Waals surface area contributed by atoms with E-state index < -0.39 is 0 Å². The van der Waals surface area contributed by atoms with Crippen LogP contribution in [0.2, 0.25) is 0 Å². The minimum Gasteiger partial charge on any atom is -0.298 e. The van der Waals surface area contributed by atoms with Crippen molar-refractivity contribution >= 4 is 6.29 Å². The maximum Gasteiger partial charge on any atom is 0.150 e. The zero-order valence-electron chi connectivity index (χ0n) is 9.69. The molecule has 0 bridgehead atoms. The first-order valence-corrected chi connectivity index (χ1v) is 5.17. The summed E-state index contributed by atoms with van der Waals surface area (Å²) in [7, 11) is 1.89. The molecule has 1 aromatic heterocycles. The number of nitrogens with zero attached hydrogens (tertiary/aromatic N) is 2. The van der Waals surface area contributed by atoms with E-state index in [2.05, 4.69) is 5.10 Å². The Balaban J connectivity index is 2.58. The van der Waals surface area contributed by atoms with Gasteiger partial charge in [0, 0.05) is 24.4 Å². The van der Waals surface area contributed by atoms with Crippen LogP contribution in [0.4, 0.5) is 0 Å². The Labute approximate surface area is 94.7 Å². The van der Waals surface area contributed by atoms with Gasteiger partial charge in [-0.25, -0.2) is 0 Å². The highest BCUT2D eigenvalue weighted by molar-refractivity contribution is 5.80. The Bertz CT molecular complexity index is 541. The highest BCUT2D eigenvalue weighted by atomic mass is 16.1. The number of aldehydes is 1. The van der Waals surface area contributed by atoms with Crippen molar-refractivity contribution in [1.82, 2.24) is 9.78 Å². The van der Waals surface area contributed by atoms with Crippen LogP contribution in [-0.2, 0) is 7.05 Å². The zero-order valence-corrected chi connectivity index (χ0v) is 9.69. The molecule has 0 amide bonds. The van der Waals surface area contributed by atoms with Crippen LogP contribution in [0.5, 0.6) is 0 Å². The van der Waals surface area contributed by atoms with Crippen molar-refractivity contribution in [3.63, 3.8) is 0 Å². The van der Waals surface area contributed by atoms with E-state index in [1.165, 1.54) is 0 Å². The standard InChI is InChI=1S/C13H14N2O/c1-9-5-13(10(2)4-11(9)8-16)12-6-14-15(3)7-12/h4-8H,1-3H3. The van der Waals surface area contributed by atoms with Crippen molar-refractivity contribution in [2.24, 2.45) is 7.05 Å². The predicted octanol–water partition coefficient (Wildman–Crippen LogP) is 2.52. The highest BCUT2D eigenvalue weighted by Crippen LogP contribution is 2.25. The van der Waals surface area contributed by atoms with Crippen LogP contribution in [0.15, 0.2) is 24.5 Å². The van der Waals surface area contributed by atoms with Crippen molar-refractivity contribution < 1.29 is 4.79 Å². The van der Waals surface area contributed by atoms with Crippen LogP contribution in [0.25, 0.3) is 11.1 Å². The fourth-order valence-electron chi connectivity index (χ4n) is 1.84. The molecule has 2 rings (SSSR count). The molecule has 0 N–H and O–H groups in total. The van der Waals surface area contributed by atoms with Gasteiger partial charge in [-0.2, -0.15) is 5.10 Å². The average Bonchev–Trinajstić information content (AvgIpc) is 2.67. The van der Waals surface area contributed by atoms with Crippen LogP contribution < -0.4 is 0 Å². The SMILES string of the molecule is Cc1cc(-c2cnn(C)c2)c(C)cc1C=O. The minimum atomic E-state index is 0.755. The lowest BCUT2D eigenvalue weighted by Gasteiger charge is -2.07. The number of carbonyl (C=O) groups excluding carboxylic acids is 1. The number of carbonyl (C=O) groups is 1. The highest BCUT2D eigenvalue weighted by Gasteiger charge is 2.07. The van der Waals surface area contributed by atoms with Gasteiger partial charge in [0.1, 0.15) is 6.29 Å². The molecule has 0 fully saturated rings. The summed E-state index contributed by atoms with van der Waals surface area (Å²) >= 11 is 0. The van der Waals surface area contributed by atoms with Gasteiger partial charge in [0.2, 0.25) is 0 Å². The first-order valence-electron chi connectivity index (χ1n) is 5.17. The molecule has 0 aliphatic rings.